The van der Waals surface area contributed by atoms with E-state index in [9.17, 15) is 14.4 Å². The van der Waals surface area contributed by atoms with Crippen LogP contribution in [0.1, 0.15) is 56.8 Å². The summed E-state index contributed by atoms with van der Waals surface area (Å²) in [7, 11) is 0. The minimum atomic E-state index is -0.553. The molecule has 30 heavy (non-hydrogen) atoms. The van der Waals surface area contributed by atoms with Gasteiger partial charge in [-0.1, -0.05) is 13.0 Å². The van der Waals surface area contributed by atoms with Crippen molar-refractivity contribution < 1.29 is 19.1 Å². The number of hydrogen-bond donors (Lipinski definition) is 2. The molecular weight excluding hydrogens is 382 g/mol. The van der Waals surface area contributed by atoms with Crippen LogP contribution in [0.2, 0.25) is 0 Å². The van der Waals surface area contributed by atoms with Crippen molar-refractivity contribution >= 4 is 23.6 Å². The third-order valence-corrected chi connectivity index (χ3v) is 5.65. The molecule has 7 nitrogen and oxygen atoms in total. The molecule has 0 radical (unpaired) electrons. The molecule has 1 unspecified atom stereocenters. The van der Waals surface area contributed by atoms with E-state index in [1.807, 2.05) is 20.8 Å². The number of nitrogens with zero attached hydrogens (tertiary/aromatic N) is 1. The number of likely N-dealkylation sites (tertiary alicyclic amines) is 1. The normalized spacial score (nSPS) is 20.1. The van der Waals surface area contributed by atoms with Crippen molar-refractivity contribution in [2.24, 2.45) is 5.41 Å². The van der Waals surface area contributed by atoms with E-state index >= 15 is 0 Å². The first-order valence-corrected chi connectivity index (χ1v) is 10.4. The Morgan fingerprint density at radius 2 is 1.87 bits per heavy atom. The topological polar surface area (TPSA) is 87.7 Å². The first-order chi connectivity index (χ1) is 14.1. The fraction of sp³-hybridized carbons (Fsp3) is 0.522. The number of nitrogens with one attached hydrogen (secondary N) is 2. The molecule has 0 aromatic heterocycles. The SMILES string of the molecule is C=CC(=O)Nc1ccc(C(=O)NC2CN(C(=O)OC(C)(C)C)CC3(CCC3)C2)cc1. The summed E-state index contributed by atoms with van der Waals surface area (Å²) in [6.07, 6.45) is 5.02. The number of rotatable bonds is 4. The summed E-state index contributed by atoms with van der Waals surface area (Å²) in [6, 6.07) is 6.57. The molecule has 1 aromatic carbocycles. The van der Waals surface area contributed by atoms with Gasteiger partial charge in [0.25, 0.3) is 5.91 Å². The van der Waals surface area contributed by atoms with Crippen molar-refractivity contribution in [2.45, 2.75) is 58.1 Å². The smallest absolute Gasteiger partial charge is 0.410 e. The van der Waals surface area contributed by atoms with E-state index in [-0.39, 0.29) is 29.4 Å². The van der Waals surface area contributed by atoms with Crippen molar-refractivity contribution in [3.63, 3.8) is 0 Å². The van der Waals surface area contributed by atoms with E-state index in [1.165, 1.54) is 6.08 Å². The van der Waals surface area contributed by atoms with Gasteiger partial charge < -0.3 is 20.3 Å². The number of carbonyl (C=O) groups excluding carboxylic acids is 3. The van der Waals surface area contributed by atoms with Gasteiger partial charge in [0.2, 0.25) is 5.91 Å². The van der Waals surface area contributed by atoms with E-state index in [0.717, 1.165) is 25.7 Å². The van der Waals surface area contributed by atoms with Crippen LogP contribution in [0, 0.1) is 5.41 Å². The van der Waals surface area contributed by atoms with Gasteiger partial charge in [0.1, 0.15) is 5.60 Å². The molecule has 3 amide bonds. The first-order valence-electron chi connectivity index (χ1n) is 10.4. The Kier molecular flexibility index (Phi) is 6.19. The van der Waals surface area contributed by atoms with Gasteiger partial charge >= 0.3 is 6.09 Å². The third-order valence-electron chi connectivity index (χ3n) is 5.65. The second-order valence-electron chi connectivity index (χ2n) is 9.36. The van der Waals surface area contributed by atoms with Gasteiger partial charge in [-0.05, 0) is 75.8 Å². The summed E-state index contributed by atoms with van der Waals surface area (Å²) in [6.45, 7) is 10.1. The van der Waals surface area contributed by atoms with Crippen molar-refractivity contribution in [3.8, 4) is 0 Å². The van der Waals surface area contributed by atoms with Crippen LogP contribution in [0.3, 0.4) is 0 Å². The summed E-state index contributed by atoms with van der Waals surface area (Å²) >= 11 is 0. The highest BCUT2D eigenvalue weighted by Crippen LogP contribution is 2.47. The molecule has 0 bridgehead atoms. The summed E-state index contributed by atoms with van der Waals surface area (Å²) in [5, 5.41) is 5.74. The van der Waals surface area contributed by atoms with Crippen molar-refractivity contribution in [3.05, 3.63) is 42.5 Å². The van der Waals surface area contributed by atoms with E-state index < -0.39 is 5.60 Å². The van der Waals surface area contributed by atoms with Crippen LogP contribution in [0.4, 0.5) is 10.5 Å². The van der Waals surface area contributed by atoms with Crippen LogP contribution >= 0.6 is 0 Å². The lowest BCUT2D eigenvalue weighted by Crippen LogP contribution is -2.59. The lowest BCUT2D eigenvalue weighted by molar-refractivity contribution is -0.111. The van der Waals surface area contributed by atoms with Crippen LogP contribution in [-0.4, -0.2) is 47.5 Å². The summed E-state index contributed by atoms with van der Waals surface area (Å²) in [5.74, 6) is -0.496. The van der Waals surface area contributed by atoms with Crippen LogP contribution in [0.15, 0.2) is 36.9 Å². The molecule has 7 heteroatoms. The number of ether oxygens (including phenoxy) is 1. The number of amides is 3. The molecule has 162 valence electrons. The Hall–Kier alpha value is -2.83. The van der Waals surface area contributed by atoms with Gasteiger partial charge in [0.05, 0.1) is 0 Å². The van der Waals surface area contributed by atoms with Gasteiger partial charge in [-0.2, -0.15) is 0 Å². The maximum atomic E-state index is 12.8. The molecule has 2 fully saturated rings. The first kappa shape index (κ1) is 21.9. The molecule has 1 atom stereocenters. The third kappa shape index (κ3) is 5.40. The van der Waals surface area contributed by atoms with Crippen molar-refractivity contribution in [2.75, 3.05) is 18.4 Å². The van der Waals surface area contributed by atoms with Crippen LogP contribution in [0.5, 0.6) is 0 Å². The molecule has 1 aliphatic heterocycles. The molecule has 1 heterocycles. The standard InChI is InChI=1S/C23H31N3O4/c1-5-19(27)24-17-9-7-16(8-10-17)20(28)25-18-13-23(11-6-12-23)15-26(14-18)21(29)30-22(2,3)4/h5,7-10,18H,1,6,11-15H2,2-4H3,(H,24,27)(H,25,28). The van der Waals surface area contributed by atoms with Gasteiger partial charge in [-0.15, -0.1) is 0 Å². The predicted molar refractivity (Wildman–Crippen MR) is 115 cm³/mol. The Morgan fingerprint density at radius 3 is 2.40 bits per heavy atom. The van der Waals surface area contributed by atoms with Crippen LogP contribution in [0.25, 0.3) is 0 Å². The van der Waals surface area contributed by atoms with Gasteiger partial charge in [0, 0.05) is 30.4 Å². The summed E-state index contributed by atoms with van der Waals surface area (Å²) in [4.78, 5) is 38.5. The van der Waals surface area contributed by atoms with E-state index in [4.69, 9.17) is 4.74 Å². The molecule has 3 rings (SSSR count). The number of piperidine rings is 1. The maximum absolute atomic E-state index is 12.8. The van der Waals surface area contributed by atoms with Crippen molar-refractivity contribution in [1.29, 1.82) is 0 Å². The Bertz CT molecular complexity index is 822. The monoisotopic (exact) mass is 413 g/mol. The zero-order valence-electron chi connectivity index (χ0n) is 18.0. The fourth-order valence-electron chi connectivity index (χ4n) is 4.16. The molecule has 2 aliphatic rings. The highest BCUT2D eigenvalue weighted by Gasteiger charge is 2.46. The Labute approximate surface area is 177 Å². The second-order valence-corrected chi connectivity index (χ2v) is 9.36. The van der Waals surface area contributed by atoms with Crippen molar-refractivity contribution in [1.82, 2.24) is 10.2 Å². The highest BCUT2D eigenvalue weighted by atomic mass is 16.6. The van der Waals surface area contributed by atoms with E-state index in [1.54, 1.807) is 29.2 Å². The predicted octanol–water partition coefficient (Wildman–Crippen LogP) is 3.72. The van der Waals surface area contributed by atoms with Crippen LogP contribution < -0.4 is 10.6 Å². The number of benzene rings is 1. The summed E-state index contributed by atoms with van der Waals surface area (Å²) < 4.78 is 5.56. The van der Waals surface area contributed by atoms with Gasteiger partial charge in [0.15, 0.2) is 0 Å². The van der Waals surface area contributed by atoms with Gasteiger partial charge in [-0.3, -0.25) is 9.59 Å². The zero-order chi connectivity index (χ0) is 21.9. The van der Waals surface area contributed by atoms with E-state index in [0.29, 0.717) is 24.3 Å². The Balaban J connectivity index is 1.65. The average molecular weight is 414 g/mol. The Morgan fingerprint density at radius 1 is 1.20 bits per heavy atom. The molecule has 1 aliphatic carbocycles. The quantitative estimate of drug-likeness (QED) is 0.737. The van der Waals surface area contributed by atoms with Crippen LogP contribution in [-0.2, 0) is 9.53 Å². The molecule has 1 saturated heterocycles. The molecule has 1 saturated carbocycles. The lowest BCUT2D eigenvalue weighted by atomic mass is 9.63. The number of hydrogen-bond acceptors (Lipinski definition) is 4. The number of carbonyl (C=O) groups is 3. The van der Waals surface area contributed by atoms with E-state index in [2.05, 4.69) is 17.2 Å². The minimum absolute atomic E-state index is 0.0753. The highest BCUT2D eigenvalue weighted by molar-refractivity contribution is 5.99. The average Bonchev–Trinajstić information content (AvgIpc) is 2.65. The second kappa shape index (κ2) is 8.50. The minimum Gasteiger partial charge on any atom is -0.444 e. The largest absolute Gasteiger partial charge is 0.444 e. The molecular formula is C23H31N3O4. The molecule has 2 N–H and O–H groups in total. The lowest BCUT2D eigenvalue weighted by Gasteiger charge is -2.51. The fourth-order valence-corrected chi connectivity index (χ4v) is 4.16. The molecule has 1 aromatic rings. The maximum Gasteiger partial charge on any atom is 0.410 e. The van der Waals surface area contributed by atoms with Gasteiger partial charge in [-0.25, -0.2) is 4.79 Å². The summed E-state index contributed by atoms with van der Waals surface area (Å²) in [5.41, 5.74) is 0.622. The number of anilines is 1. The zero-order valence-corrected chi connectivity index (χ0v) is 18.0. The molecule has 1 spiro atoms.